The van der Waals surface area contributed by atoms with Crippen LogP contribution in [0.2, 0.25) is 0 Å². The van der Waals surface area contributed by atoms with Crippen LogP contribution in [0.4, 0.5) is 0 Å². The molecule has 2 nitrogen and oxygen atoms in total. The fourth-order valence-corrected chi connectivity index (χ4v) is 0.792. The van der Waals surface area contributed by atoms with Gasteiger partial charge in [0.1, 0.15) is 0 Å². The molecule has 0 aliphatic carbocycles. The summed E-state index contributed by atoms with van der Waals surface area (Å²) in [5.74, 6) is -0.00662. The first kappa shape index (κ1) is 7.09. The maximum atomic E-state index is 10.7. The van der Waals surface area contributed by atoms with Crippen molar-refractivity contribution in [3.05, 3.63) is 36.2 Å². The molecule has 0 fully saturated rings. The van der Waals surface area contributed by atoms with E-state index in [2.05, 4.69) is 6.92 Å². The van der Waals surface area contributed by atoms with Gasteiger partial charge in [-0.2, -0.15) is 0 Å². The van der Waals surface area contributed by atoms with Gasteiger partial charge < -0.3 is 5.73 Å². The topological polar surface area (TPSA) is 45.9 Å². The van der Waals surface area contributed by atoms with Crippen molar-refractivity contribution < 1.29 is 5.11 Å². The fraction of sp³-hybridized carbons (Fsp3) is 0.125. The lowest BCUT2D eigenvalue weighted by Gasteiger charge is -1.99. The minimum atomic E-state index is -0.00662. The molecule has 0 atom stereocenters. The van der Waals surface area contributed by atoms with Crippen molar-refractivity contribution in [3.63, 3.8) is 0 Å². The van der Waals surface area contributed by atoms with Crippen LogP contribution in [0, 0.1) is 6.92 Å². The second-order valence-corrected chi connectivity index (χ2v) is 2.13. The normalized spacial score (nSPS) is 9.80. The van der Waals surface area contributed by atoms with E-state index < -0.39 is 0 Å². The second kappa shape index (κ2) is 2.71. The van der Waals surface area contributed by atoms with Crippen molar-refractivity contribution in [1.29, 1.82) is 0 Å². The van der Waals surface area contributed by atoms with Crippen molar-refractivity contribution in [3.8, 4) is 5.75 Å². The average Bonchev–Trinajstić information content (AvgIpc) is 1.94. The van der Waals surface area contributed by atoms with Gasteiger partial charge >= 0.3 is 0 Å². The summed E-state index contributed by atoms with van der Waals surface area (Å²) in [5.41, 5.74) is 7.00. The molecule has 0 amide bonds. The molecule has 1 aromatic carbocycles. The lowest BCUT2D eigenvalue weighted by Crippen LogP contribution is -1.97. The predicted molar refractivity (Wildman–Crippen MR) is 38.9 cm³/mol. The monoisotopic (exact) mass is 135 g/mol. The highest BCUT2D eigenvalue weighted by Crippen LogP contribution is 2.15. The Hall–Kier alpha value is -1.02. The first-order valence-corrected chi connectivity index (χ1v) is 3.06. The molecule has 0 aromatic heterocycles. The molecule has 0 spiro atoms. The SMILES string of the molecule is [CH2]c1ccc([O])cc1CN. The molecule has 0 saturated carbocycles. The van der Waals surface area contributed by atoms with Crippen molar-refractivity contribution >= 4 is 0 Å². The first-order valence-electron chi connectivity index (χ1n) is 3.06. The predicted octanol–water partition coefficient (Wildman–Crippen LogP) is 1.47. The quantitative estimate of drug-likeness (QED) is 0.622. The lowest BCUT2D eigenvalue weighted by molar-refractivity contribution is 0.354. The van der Waals surface area contributed by atoms with Crippen LogP contribution in [0.1, 0.15) is 11.1 Å². The molecule has 0 saturated heterocycles. The maximum absolute atomic E-state index is 10.7. The standard InChI is InChI=1S/C8H9NO/c1-6-2-3-8(10)4-7(6)5-9/h2-4H,1,5,9H2. The number of hydrogen-bond donors (Lipinski definition) is 1. The highest BCUT2D eigenvalue weighted by atomic mass is 16.3. The van der Waals surface area contributed by atoms with Gasteiger partial charge in [0.25, 0.3) is 0 Å². The van der Waals surface area contributed by atoms with E-state index in [-0.39, 0.29) is 5.75 Å². The van der Waals surface area contributed by atoms with Crippen LogP contribution in [0.3, 0.4) is 0 Å². The number of hydrogen-bond acceptors (Lipinski definition) is 1. The molecule has 0 heterocycles. The van der Waals surface area contributed by atoms with Gasteiger partial charge in [0, 0.05) is 6.54 Å². The first-order chi connectivity index (χ1) is 4.74. The van der Waals surface area contributed by atoms with Gasteiger partial charge in [0.15, 0.2) is 5.75 Å². The molecule has 2 heteroatoms. The van der Waals surface area contributed by atoms with Crippen LogP contribution in [0.5, 0.6) is 5.75 Å². The Kier molecular flexibility index (Phi) is 1.92. The summed E-state index contributed by atoms with van der Waals surface area (Å²) in [4.78, 5) is 0. The highest BCUT2D eigenvalue weighted by Gasteiger charge is 1.96. The van der Waals surface area contributed by atoms with E-state index in [0.29, 0.717) is 6.54 Å². The summed E-state index contributed by atoms with van der Waals surface area (Å²) in [6, 6.07) is 4.69. The fourth-order valence-electron chi connectivity index (χ4n) is 0.792. The van der Waals surface area contributed by atoms with Gasteiger partial charge in [0.05, 0.1) is 0 Å². The van der Waals surface area contributed by atoms with Gasteiger partial charge in [-0.25, -0.2) is 0 Å². The molecule has 1 aromatic rings. The Balaban J connectivity index is 3.09. The molecule has 52 valence electrons. The zero-order valence-corrected chi connectivity index (χ0v) is 5.63. The van der Waals surface area contributed by atoms with Gasteiger partial charge in [-0.05, 0) is 30.2 Å². The smallest absolute Gasteiger partial charge is 0.178 e. The molecule has 2 radical (unpaired) electrons. The number of rotatable bonds is 1. The Bertz CT molecular complexity index is 233. The number of nitrogens with two attached hydrogens (primary N) is 1. The van der Waals surface area contributed by atoms with Crippen molar-refractivity contribution in [2.75, 3.05) is 0 Å². The van der Waals surface area contributed by atoms with Crippen LogP contribution < -0.4 is 5.73 Å². The van der Waals surface area contributed by atoms with E-state index >= 15 is 0 Å². The van der Waals surface area contributed by atoms with E-state index in [1.807, 2.05) is 0 Å². The zero-order valence-electron chi connectivity index (χ0n) is 5.63. The van der Waals surface area contributed by atoms with E-state index in [4.69, 9.17) is 5.73 Å². The number of benzene rings is 1. The van der Waals surface area contributed by atoms with Gasteiger partial charge in [-0.15, -0.1) is 0 Å². The lowest BCUT2D eigenvalue weighted by atomic mass is 10.1. The minimum Gasteiger partial charge on any atom is -0.326 e. The van der Waals surface area contributed by atoms with Crippen molar-refractivity contribution in [1.82, 2.24) is 0 Å². The van der Waals surface area contributed by atoms with Crippen molar-refractivity contribution in [2.24, 2.45) is 5.73 Å². The minimum absolute atomic E-state index is 0.00662. The van der Waals surface area contributed by atoms with Crippen LogP contribution >= 0.6 is 0 Å². The molecule has 2 N–H and O–H groups in total. The second-order valence-electron chi connectivity index (χ2n) is 2.13. The van der Waals surface area contributed by atoms with E-state index in [1.54, 1.807) is 6.07 Å². The van der Waals surface area contributed by atoms with Gasteiger partial charge in [0.2, 0.25) is 0 Å². The van der Waals surface area contributed by atoms with Crippen LogP contribution in [0.25, 0.3) is 0 Å². The van der Waals surface area contributed by atoms with Crippen LogP contribution in [0.15, 0.2) is 18.2 Å². The summed E-state index contributed by atoms with van der Waals surface area (Å²) in [6.45, 7) is 4.10. The van der Waals surface area contributed by atoms with E-state index in [9.17, 15) is 5.11 Å². The molecule has 0 aliphatic rings. The van der Waals surface area contributed by atoms with Gasteiger partial charge in [-0.3, -0.25) is 5.11 Å². The maximum Gasteiger partial charge on any atom is 0.178 e. The third-order valence-corrected chi connectivity index (χ3v) is 1.40. The van der Waals surface area contributed by atoms with E-state index in [0.717, 1.165) is 11.1 Å². The average molecular weight is 135 g/mol. The van der Waals surface area contributed by atoms with E-state index in [1.165, 1.54) is 12.1 Å². The summed E-state index contributed by atoms with van der Waals surface area (Å²) >= 11 is 0. The summed E-state index contributed by atoms with van der Waals surface area (Å²) < 4.78 is 0. The molecule has 0 bridgehead atoms. The van der Waals surface area contributed by atoms with Gasteiger partial charge in [-0.1, -0.05) is 6.07 Å². The summed E-state index contributed by atoms with van der Waals surface area (Å²) in [5, 5.41) is 10.7. The summed E-state index contributed by atoms with van der Waals surface area (Å²) in [6.07, 6.45) is 0. The van der Waals surface area contributed by atoms with Crippen LogP contribution in [-0.2, 0) is 11.7 Å². The largest absolute Gasteiger partial charge is 0.326 e. The van der Waals surface area contributed by atoms with Crippen molar-refractivity contribution in [2.45, 2.75) is 6.54 Å². The highest BCUT2D eigenvalue weighted by molar-refractivity contribution is 5.36. The molecule has 0 unspecified atom stereocenters. The summed E-state index contributed by atoms with van der Waals surface area (Å²) in [7, 11) is 0. The Morgan fingerprint density at radius 3 is 2.70 bits per heavy atom. The Morgan fingerprint density at radius 2 is 2.20 bits per heavy atom. The molecular weight excluding hydrogens is 126 g/mol. The molecule has 0 aliphatic heterocycles. The third kappa shape index (κ3) is 1.28. The Morgan fingerprint density at radius 1 is 1.50 bits per heavy atom. The zero-order chi connectivity index (χ0) is 7.56. The molecule has 10 heavy (non-hydrogen) atoms. The molecule has 1 rings (SSSR count). The third-order valence-electron chi connectivity index (χ3n) is 1.40. The molecular formula is C8H9NO. The van der Waals surface area contributed by atoms with Crippen LogP contribution in [-0.4, -0.2) is 0 Å². The Labute approximate surface area is 60.3 Å².